The molecule has 1 aliphatic carbocycles. The Bertz CT molecular complexity index is 174. The molecule has 1 heteroatoms. The monoisotopic (exact) mass is 211 g/mol. The molecule has 15 heavy (non-hydrogen) atoms. The average Bonchev–Trinajstić information content (AvgIpc) is 2.14. The molecule has 0 amide bonds. The van der Waals surface area contributed by atoms with Gasteiger partial charge in [-0.1, -0.05) is 41.0 Å². The lowest BCUT2D eigenvalue weighted by Gasteiger charge is -2.37. The van der Waals surface area contributed by atoms with Crippen LogP contribution in [0.15, 0.2) is 0 Å². The second-order valence-corrected chi connectivity index (χ2v) is 5.88. The van der Waals surface area contributed by atoms with Gasteiger partial charge in [0.15, 0.2) is 0 Å². The van der Waals surface area contributed by atoms with Gasteiger partial charge in [0.25, 0.3) is 0 Å². The lowest BCUT2D eigenvalue weighted by Crippen LogP contribution is -2.34. The van der Waals surface area contributed by atoms with Crippen LogP contribution >= 0.6 is 0 Å². The van der Waals surface area contributed by atoms with E-state index in [1.165, 1.54) is 25.2 Å². The maximum absolute atomic E-state index is 6.05. The Morgan fingerprint density at radius 2 is 1.93 bits per heavy atom. The van der Waals surface area contributed by atoms with Crippen LogP contribution in [-0.2, 0) is 4.74 Å². The van der Waals surface area contributed by atoms with E-state index in [1.54, 1.807) is 0 Å². The number of hydrogen-bond acceptors (Lipinski definition) is 1. The fraction of sp³-hybridized carbons (Fsp3) is 0.929. The highest BCUT2D eigenvalue weighted by atomic mass is 16.5. The van der Waals surface area contributed by atoms with E-state index in [-0.39, 0.29) is 0 Å². The topological polar surface area (TPSA) is 9.23 Å². The standard InChI is InChI=1S/C14H27O/c1-10(2)9-15-14-8-12(5)6-7-13(14)11(3)4/h11-14H,6-9H2,1-5H3. The fourth-order valence-corrected chi connectivity index (χ4v) is 2.58. The Hall–Kier alpha value is -0.0400. The lowest BCUT2D eigenvalue weighted by molar-refractivity contribution is -0.0333. The quantitative estimate of drug-likeness (QED) is 0.681. The number of ether oxygens (including phenoxy) is 1. The van der Waals surface area contributed by atoms with Crippen molar-refractivity contribution in [1.29, 1.82) is 0 Å². The van der Waals surface area contributed by atoms with Gasteiger partial charge in [-0.05, 0) is 36.5 Å². The maximum Gasteiger partial charge on any atom is 0.0608 e. The van der Waals surface area contributed by atoms with Gasteiger partial charge in [0.1, 0.15) is 0 Å². The molecule has 0 spiro atoms. The van der Waals surface area contributed by atoms with Crippen LogP contribution in [0.4, 0.5) is 0 Å². The van der Waals surface area contributed by atoms with Gasteiger partial charge in [-0.15, -0.1) is 0 Å². The Balaban J connectivity index is 2.46. The molecule has 1 saturated carbocycles. The molecule has 0 heterocycles. The molecule has 0 saturated heterocycles. The van der Waals surface area contributed by atoms with Crippen LogP contribution in [0.2, 0.25) is 0 Å². The molecule has 1 aliphatic rings. The third-order valence-electron chi connectivity index (χ3n) is 3.55. The summed E-state index contributed by atoms with van der Waals surface area (Å²) in [5.74, 6) is 3.78. The summed E-state index contributed by atoms with van der Waals surface area (Å²) in [6.07, 6.45) is 4.50. The van der Waals surface area contributed by atoms with Gasteiger partial charge in [-0.3, -0.25) is 0 Å². The number of rotatable bonds is 4. The molecule has 1 nitrogen and oxygen atoms in total. The van der Waals surface area contributed by atoms with Crippen molar-refractivity contribution in [3.05, 3.63) is 5.92 Å². The molecule has 0 bridgehead atoms. The first-order valence-electron chi connectivity index (χ1n) is 6.41. The second-order valence-electron chi connectivity index (χ2n) is 5.88. The predicted molar refractivity (Wildman–Crippen MR) is 65.7 cm³/mol. The van der Waals surface area contributed by atoms with Crippen molar-refractivity contribution < 1.29 is 4.74 Å². The van der Waals surface area contributed by atoms with Crippen LogP contribution in [0.5, 0.6) is 0 Å². The first-order valence-corrected chi connectivity index (χ1v) is 6.41. The van der Waals surface area contributed by atoms with E-state index < -0.39 is 0 Å². The van der Waals surface area contributed by atoms with Crippen molar-refractivity contribution in [3.63, 3.8) is 0 Å². The minimum absolute atomic E-state index is 0.503. The van der Waals surface area contributed by atoms with Crippen molar-refractivity contribution in [2.45, 2.75) is 60.0 Å². The SMILES string of the molecule is C[C](C)COC1CC(C)CCC1C(C)C. The van der Waals surface area contributed by atoms with Crippen LogP contribution in [0.1, 0.15) is 53.9 Å². The Morgan fingerprint density at radius 1 is 1.27 bits per heavy atom. The Morgan fingerprint density at radius 3 is 2.47 bits per heavy atom. The molecular formula is C14H27O. The van der Waals surface area contributed by atoms with Gasteiger partial charge in [-0.2, -0.15) is 0 Å². The van der Waals surface area contributed by atoms with Crippen molar-refractivity contribution in [2.75, 3.05) is 6.61 Å². The van der Waals surface area contributed by atoms with Gasteiger partial charge in [0, 0.05) is 0 Å². The minimum Gasteiger partial charge on any atom is -0.377 e. The Kier molecular flexibility index (Phi) is 5.11. The van der Waals surface area contributed by atoms with E-state index in [4.69, 9.17) is 4.74 Å². The van der Waals surface area contributed by atoms with Crippen molar-refractivity contribution >= 4 is 0 Å². The number of hydrogen-bond donors (Lipinski definition) is 0. The first kappa shape index (κ1) is 13.0. The molecule has 0 aromatic heterocycles. The highest BCUT2D eigenvalue weighted by molar-refractivity contribution is 4.83. The largest absolute Gasteiger partial charge is 0.377 e. The van der Waals surface area contributed by atoms with Gasteiger partial charge in [-0.25, -0.2) is 0 Å². The van der Waals surface area contributed by atoms with Crippen molar-refractivity contribution in [1.82, 2.24) is 0 Å². The highest BCUT2D eigenvalue weighted by Gasteiger charge is 2.31. The van der Waals surface area contributed by atoms with Crippen molar-refractivity contribution in [3.8, 4) is 0 Å². The zero-order valence-corrected chi connectivity index (χ0v) is 11.0. The van der Waals surface area contributed by atoms with Gasteiger partial charge < -0.3 is 4.74 Å². The molecule has 0 N–H and O–H groups in total. The third kappa shape index (κ3) is 4.14. The molecule has 1 rings (SSSR count). The van der Waals surface area contributed by atoms with Crippen LogP contribution in [0.25, 0.3) is 0 Å². The zero-order valence-electron chi connectivity index (χ0n) is 11.0. The molecule has 1 fully saturated rings. The Labute approximate surface area is 95.6 Å². The predicted octanol–water partition coefficient (Wildman–Crippen LogP) is 4.08. The molecule has 1 radical (unpaired) electrons. The summed E-state index contributed by atoms with van der Waals surface area (Å²) in [7, 11) is 0. The smallest absolute Gasteiger partial charge is 0.0608 e. The molecule has 0 aromatic carbocycles. The lowest BCUT2D eigenvalue weighted by atomic mass is 9.75. The van der Waals surface area contributed by atoms with E-state index in [0.717, 1.165) is 24.4 Å². The molecule has 3 atom stereocenters. The summed E-state index contributed by atoms with van der Waals surface area (Å²) in [4.78, 5) is 0. The summed E-state index contributed by atoms with van der Waals surface area (Å²) < 4.78 is 6.05. The van der Waals surface area contributed by atoms with Crippen molar-refractivity contribution in [2.24, 2.45) is 17.8 Å². The van der Waals surface area contributed by atoms with E-state index in [1.807, 2.05) is 0 Å². The van der Waals surface area contributed by atoms with E-state index >= 15 is 0 Å². The van der Waals surface area contributed by atoms with E-state index in [9.17, 15) is 0 Å². The first-order chi connectivity index (χ1) is 7.00. The van der Waals surface area contributed by atoms with Crippen LogP contribution in [0.3, 0.4) is 0 Å². The molecule has 0 aromatic rings. The van der Waals surface area contributed by atoms with Crippen LogP contribution in [-0.4, -0.2) is 12.7 Å². The van der Waals surface area contributed by atoms with E-state index in [2.05, 4.69) is 34.6 Å². The molecule has 3 unspecified atom stereocenters. The van der Waals surface area contributed by atoms with Crippen LogP contribution < -0.4 is 0 Å². The average molecular weight is 211 g/mol. The summed E-state index contributed by atoms with van der Waals surface area (Å²) in [5, 5.41) is 0. The second kappa shape index (κ2) is 5.89. The van der Waals surface area contributed by atoms with E-state index in [0.29, 0.717) is 6.10 Å². The normalized spacial score (nSPS) is 32.6. The summed E-state index contributed by atoms with van der Waals surface area (Å²) in [6, 6.07) is 0. The van der Waals surface area contributed by atoms with Crippen LogP contribution in [0, 0.1) is 23.7 Å². The fourth-order valence-electron chi connectivity index (χ4n) is 2.58. The van der Waals surface area contributed by atoms with Gasteiger partial charge >= 0.3 is 0 Å². The molecular weight excluding hydrogens is 184 g/mol. The van der Waals surface area contributed by atoms with Gasteiger partial charge in [0.2, 0.25) is 0 Å². The highest BCUT2D eigenvalue weighted by Crippen LogP contribution is 2.35. The molecule has 89 valence electrons. The summed E-state index contributed by atoms with van der Waals surface area (Å²) in [6.45, 7) is 12.2. The summed E-state index contributed by atoms with van der Waals surface area (Å²) >= 11 is 0. The zero-order chi connectivity index (χ0) is 11.4. The minimum atomic E-state index is 0.503. The summed E-state index contributed by atoms with van der Waals surface area (Å²) in [5.41, 5.74) is 0. The third-order valence-corrected chi connectivity index (χ3v) is 3.55. The maximum atomic E-state index is 6.05. The van der Waals surface area contributed by atoms with Gasteiger partial charge in [0.05, 0.1) is 12.7 Å². The molecule has 0 aliphatic heterocycles.